The molecule has 24 heavy (non-hydrogen) atoms. The van der Waals surface area contributed by atoms with Gasteiger partial charge in [-0.1, -0.05) is 6.07 Å². The number of amides is 1. The van der Waals surface area contributed by atoms with Crippen LogP contribution in [0.25, 0.3) is 0 Å². The Kier molecular flexibility index (Phi) is 5.11. The van der Waals surface area contributed by atoms with Gasteiger partial charge in [0.15, 0.2) is 0 Å². The Morgan fingerprint density at radius 2 is 2.04 bits per heavy atom. The number of rotatable bonds is 4. The predicted octanol–water partition coefficient (Wildman–Crippen LogP) is 2.27. The van der Waals surface area contributed by atoms with Crippen LogP contribution in [0.15, 0.2) is 24.3 Å². The fourth-order valence-corrected chi connectivity index (χ4v) is 4.24. The fourth-order valence-electron chi connectivity index (χ4n) is 4.24. The van der Waals surface area contributed by atoms with Crippen LogP contribution in [0.5, 0.6) is 5.75 Å². The van der Waals surface area contributed by atoms with Crippen molar-refractivity contribution in [3.05, 3.63) is 29.8 Å². The molecule has 1 aromatic carbocycles. The smallest absolute Gasteiger partial charge is 0.253 e. The number of ether oxygens (including phenoxy) is 2. The summed E-state index contributed by atoms with van der Waals surface area (Å²) in [5, 5.41) is 0. The zero-order chi connectivity index (χ0) is 17.2. The molecule has 1 amide bonds. The van der Waals surface area contributed by atoms with E-state index in [9.17, 15) is 4.79 Å². The molecular weight excluding hydrogens is 304 g/mol. The van der Waals surface area contributed by atoms with Gasteiger partial charge in [-0.3, -0.25) is 4.79 Å². The number of likely N-dealkylation sites (tertiary alicyclic amines) is 2. The lowest BCUT2D eigenvalue weighted by Crippen LogP contribution is -2.44. The molecule has 0 N–H and O–H groups in total. The van der Waals surface area contributed by atoms with Crippen molar-refractivity contribution in [2.24, 2.45) is 5.41 Å². The molecule has 3 rings (SSSR count). The minimum absolute atomic E-state index is 0.114. The van der Waals surface area contributed by atoms with Crippen molar-refractivity contribution in [2.45, 2.75) is 25.3 Å². The molecule has 0 bridgehead atoms. The molecule has 1 aromatic rings. The Balaban J connectivity index is 1.62. The van der Waals surface area contributed by atoms with E-state index in [2.05, 4.69) is 11.9 Å². The van der Waals surface area contributed by atoms with Crippen LogP contribution in [0.1, 0.15) is 29.6 Å². The van der Waals surface area contributed by atoms with Crippen LogP contribution in [-0.4, -0.2) is 69.3 Å². The van der Waals surface area contributed by atoms with Gasteiger partial charge in [-0.15, -0.1) is 0 Å². The number of piperidine rings is 1. The molecule has 0 saturated carbocycles. The van der Waals surface area contributed by atoms with Crippen LogP contribution in [0, 0.1) is 5.41 Å². The van der Waals surface area contributed by atoms with Crippen molar-refractivity contribution in [2.75, 3.05) is 47.5 Å². The van der Waals surface area contributed by atoms with Gasteiger partial charge in [-0.2, -0.15) is 0 Å². The maximum atomic E-state index is 12.7. The van der Waals surface area contributed by atoms with Crippen molar-refractivity contribution in [1.29, 1.82) is 0 Å². The minimum atomic E-state index is 0.114. The lowest BCUT2D eigenvalue weighted by molar-refractivity contribution is 0.0591. The molecule has 132 valence electrons. The van der Waals surface area contributed by atoms with E-state index in [0.717, 1.165) is 44.8 Å². The molecule has 2 aliphatic heterocycles. The summed E-state index contributed by atoms with van der Waals surface area (Å²) in [7, 11) is 5.59. The van der Waals surface area contributed by atoms with Gasteiger partial charge in [0.25, 0.3) is 5.91 Å². The lowest BCUT2D eigenvalue weighted by atomic mass is 9.76. The molecule has 1 atom stereocenters. The van der Waals surface area contributed by atoms with Gasteiger partial charge in [-0.05, 0) is 49.9 Å². The second-order valence-corrected chi connectivity index (χ2v) is 7.25. The Hall–Kier alpha value is -1.59. The third-order valence-corrected chi connectivity index (χ3v) is 5.66. The molecule has 2 heterocycles. The maximum Gasteiger partial charge on any atom is 0.253 e. The van der Waals surface area contributed by atoms with Crippen LogP contribution >= 0.6 is 0 Å². The summed E-state index contributed by atoms with van der Waals surface area (Å²) in [6.07, 6.45) is 3.33. The predicted molar refractivity (Wildman–Crippen MR) is 93.5 cm³/mol. The van der Waals surface area contributed by atoms with Crippen molar-refractivity contribution in [1.82, 2.24) is 9.80 Å². The molecule has 0 radical (unpaired) electrons. The number of carbonyl (C=O) groups excluding carboxylic acids is 1. The summed E-state index contributed by atoms with van der Waals surface area (Å²) < 4.78 is 10.6. The van der Waals surface area contributed by atoms with Crippen molar-refractivity contribution >= 4 is 5.91 Å². The third-order valence-electron chi connectivity index (χ3n) is 5.66. The summed E-state index contributed by atoms with van der Waals surface area (Å²) in [5.74, 6) is 0.845. The summed E-state index contributed by atoms with van der Waals surface area (Å²) in [4.78, 5) is 17.2. The number of hydrogen-bond acceptors (Lipinski definition) is 4. The van der Waals surface area contributed by atoms with E-state index in [1.54, 1.807) is 14.2 Å². The molecule has 5 nitrogen and oxygen atoms in total. The van der Waals surface area contributed by atoms with Crippen molar-refractivity contribution in [3.8, 4) is 5.75 Å². The topological polar surface area (TPSA) is 42.0 Å². The third kappa shape index (κ3) is 3.42. The monoisotopic (exact) mass is 332 g/mol. The van der Waals surface area contributed by atoms with E-state index in [0.29, 0.717) is 17.0 Å². The van der Waals surface area contributed by atoms with E-state index < -0.39 is 0 Å². The summed E-state index contributed by atoms with van der Waals surface area (Å²) in [6, 6.07) is 7.94. The molecule has 2 fully saturated rings. The highest BCUT2D eigenvalue weighted by molar-refractivity contribution is 5.94. The van der Waals surface area contributed by atoms with Gasteiger partial charge < -0.3 is 19.3 Å². The van der Waals surface area contributed by atoms with E-state index in [4.69, 9.17) is 9.47 Å². The van der Waals surface area contributed by atoms with Gasteiger partial charge in [0.1, 0.15) is 5.75 Å². The first-order valence-electron chi connectivity index (χ1n) is 8.69. The fraction of sp³-hybridized carbons (Fsp3) is 0.632. The van der Waals surface area contributed by atoms with Crippen LogP contribution in [0.4, 0.5) is 0 Å². The summed E-state index contributed by atoms with van der Waals surface area (Å²) in [5.41, 5.74) is 1.06. The Morgan fingerprint density at radius 3 is 2.71 bits per heavy atom. The molecule has 0 aromatic heterocycles. The molecule has 1 unspecified atom stereocenters. The standard InChI is InChI=1S/C19H28N2O3/c1-20-14-19(12-16(20)13-23-2)7-9-21(10-8-19)18(22)15-5-4-6-17(11-15)24-3/h4-6,11,16H,7-10,12-14H2,1-3H3. The van der Waals surface area contributed by atoms with Crippen LogP contribution in [-0.2, 0) is 4.74 Å². The van der Waals surface area contributed by atoms with Gasteiger partial charge in [0.05, 0.1) is 13.7 Å². The van der Waals surface area contributed by atoms with Crippen molar-refractivity contribution < 1.29 is 14.3 Å². The zero-order valence-electron chi connectivity index (χ0n) is 15.0. The van der Waals surface area contributed by atoms with Crippen molar-refractivity contribution in [3.63, 3.8) is 0 Å². The second-order valence-electron chi connectivity index (χ2n) is 7.25. The first-order valence-corrected chi connectivity index (χ1v) is 8.69. The molecule has 1 spiro atoms. The number of hydrogen-bond donors (Lipinski definition) is 0. The number of methoxy groups -OCH3 is 2. The minimum Gasteiger partial charge on any atom is -0.497 e. The van der Waals surface area contributed by atoms with E-state index in [-0.39, 0.29) is 5.91 Å². The average Bonchev–Trinajstić information content (AvgIpc) is 2.90. The first kappa shape index (κ1) is 17.2. The maximum absolute atomic E-state index is 12.7. The van der Waals surface area contributed by atoms with E-state index >= 15 is 0 Å². The average molecular weight is 332 g/mol. The Labute approximate surface area is 144 Å². The van der Waals surface area contributed by atoms with Gasteiger partial charge in [0.2, 0.25) is 0 Å². The quantitative estimate of drug-likeness (QED) is 0.848. The van der Waals surface area contributed by atoms with Gasteiger partial charge in [-0.25, -0.2) is 0 Å². The molecule has 2 saturated heterocycles. The SMILES string of the molecule is COCC1CC2(CCN(C(=O)c3cccc(OC)c3)CC2)CN1C. The van der Waals surface area contributed by atoms with Gasteiger partial charge in [0, 0.05) is 38.3 Å². The number of carbonyl (C=O) groups is 1. The summed E-state index contributed by atoms with van der Waals surface area (Å²) >= 11 is 0. The Bertz CT molecular complexity index is 582. The van der Waals surface area contributed by atoms with Gasteiger partial charge >= 0.3 is 0 Å². The highest BCUT2D eigenvalue weighted by atomic mass is 16.5. The van der Waals surface area contributed by atoms with E-state index in [1.165, 1.54) is 6.42 Å². The molecular formula is C19H28N2O3. The highest BCUT2D eigenvalue weighted by Gasteiger charge is 2.44. The number of likely N-dealkylation sites (N-methyl/N-ethyl adjacent to an activating group) is 1. The zero-order valence-corrected chi connectivity index (χ0v) is 15.0. The first-order chi connectivity index (χ1) is 11.6. The van der Waals surface area contributed by atoms with Crippen LogP contribution in [0.2, 0.25) is 0 Å². The van der Waals surface area contributed by atoms with E-state index in [1.807, 2.05) is 29.2 Å². The normalized spacial score (nSPS) is 23.6. The molecule has 0 aliphatic carbocycles. The summed E-state index contributed by atoms with van der Waals surface area (Å²) in [6.45, 7) is 3.58. The molecule has 2 aliphatic rings. The van der Waals surface area contributed by atoms with Crippen LogP contribution < -0.4 is 4.74 Å². The number of nitrogens with zero attached hydrogens (tertiary/aromatic N) is 2. The largest absolute Gasteiger partial charge is 0.497 e. The Morgan fingerprint density at radius 1 is 1.29 bits per heavy atom. The van der Waals surface area contributed by atoms with Crippen LogP contribution in [0.3, 0.4) is 0 Å². The highest BCUT2D eigenvalue weighted by Crippen LogP contribution is 2.43. The lowest BCUT2D eigenvalue weighted by Gasteiger charge is -2.39. The number of benzene rings is 1. The molecule has 5 heteroatoms. The second kappa shape index (κ2) is 7.11.